The highest BCUT2D eigenvalue weighted by Crippen LogP contribution is 2.33. The molecule has 0 aromatic heterocycles. The quantitative estimate of drug-likeness (QED) is 0.806. The number of anilines is 2. The number of ketones is 1. The largest absolute Gasteiger partial charge is 0.405 e. The van der Waals surface area contributed by atoms with Crippen LogP contribution in [0.5, 0.6) is 0 Å². The average molecular weight is 300 g/mol. The van der Waals surface area contributed by atoms with Crippen molar-refractivity contribution in [2.24, 2.45) is 0 Å². The van der Waals surface area contributed by atoms with E-state index in [-0.39, 0.29) is 11.6 Å². The summed E-state index contributed by atoms with van der Waals surface area (Å²) in [6, 6.07) is 3.92. The van der Waals surface area contributed by atoms with Crippen molar-refractivity contribution in [2.45, 2.75) is 26.1 Å². The second-order valence-corrected chi connectivity index (χ2v) is 5.23. The summed E-state index contributed by atoms with van der Waals surface area (Å²) in [5.41, 5.74) is 0.896. The highest BCUT2D eigenvalue weighted by molar-refractivity contribution is 6.52. The fourth-order valence-corrected chi connectivity index (χ4v) is 2.31. The number of nitrogens with zero attached hydrogens (tertiary/aromatic N) is 2. The van der Waals surface area contributed by atoms with E-state index in [0.29, 0.717) is 11.4 Å². The Balaban J connectivity index is 2.42. The Morgan fingerprint density at radius 3 is 2.38 bits per heavy atom. The number of hydrogen-bond acceptors (Lipinski definition) is 3. The Kier molecular flexibility index (Phi) is 3.69. The molecule has 0 spiro atoms. The minimum Gasteiger partial charge on any atom is -0.360 e. The van der Waals surface area contributed by atoms with Gasteiger partial charge in [-0.1, -0.05) is 0 Å². The third kappa shape index (κ3) is 2.86. The standard InChI is InChI=1S/C14H15F3N2O2/c1-8(2)19(7-14(15,16)17)9-4-5-10-11(6-9)18(3)13(21)12(10)20/h4-6,8H,7H2,1-3H3. The first kappa shape index (κ1) is 15.3. The predicted octanol–water partition coefficient (Wildman–Crippen LogP) is 2.62. The van der Waals surface area contributed by atoms with Crippen LogP contribution in [0, 0.1) is 0 Å². The highest BCUT2D eigenvalue weighted by Gasteiger charge is 2.35. The Morgan fingerprint density at radius 2 is 1.86 bits per heavy atom. The van der Waals surface area contributed by atoms with Crippen molar-refractivity contribution in [1.82, 2.24) is 0 Å². The van der Waals surface area contributed by atoms with Gasteiger partial charge in [-0.3, -0.25) is 9.59 Å². The van der Waals surface area contributed by atoms with Crippen LogP contribution in [0.3, 0.4) is 0 Å². The molecule has 0 aliphatic carbocycles. The molecule has 0 unspecified atom stereocenters. The summed E-state index contributed by atoms with van der Waals surface area (Å²) in [5, 5.41) is 0. The fourth-order valence-electron chi connectivity index (χ4n) is 2.31. The van der Waals surface area contributed by atoms with Crippen molar-refractivity contribution in [1.29, 1.82) is 0 Å². The summed E-state index contributed by atoms with van der Waals surface area (Å²) in [6.07, 6.45) is -4.33. The smallest absolute Gasteiger partial charge is 0.360 e. The molecule has 114 valence electrons. The van der Waals surface area contributed by atoms with E-state index < -0.39 is 24.4 Å². The second kappa shape index (κ2) is 5.05. The van der Waals surface area contributed by atoms with E-state index in [4.69, 9.17) is 0 Å². The number of benzene rings is 1. The number of halogens is 3. The molecule has 0 radical (unpaired) electrons. The van der Waals surface area contributed by atoms with Crippen molar-refractivity contribution in [3.63, 3.8) is 0 Å². The Morgan fingerprint density at radius 1 is 1.24 bits per heavy atom. The van der Waals surface area contributed by atoms with Gasteiger partial charge < -0.3 is 9.80 Å². The van der Waals surface area contributed by atoms with Gasteiger partial charge in [0.15, 0.2) is 0 Å². The lowest BCUT2D eigenvalue weighted by Gasteiger charge is -2.30. The van der Waals surface area contributed by atoms with E-state index in [1.54, 1.807) is 13.8 Å². The summed E-state index contributed by atoms with van der Waals surface area (Å²) in [5.74, 6) is -1.31. The first-order valence-electron chi connectivity index (χ1n) is 6.41. The molecule has 1 aliphatic rings. The van der Waals surface area contributed by atoms with E-state index in [9.17, 15) is 22.8 Å². The van der Waals surface area contributed by atoms with E-state index >= 15 is 0 Å². The third-order valence-electron chi connectivity index (χ3n) is 3.39. The molecule has 0 bridgehead atoms. The molecule has 1 aliphatic heterocycles. The maximum Gasteiger partial charge on any atom is 0.405 e. The average Bonchev–Trinajstić information content (AvgIpc) is 2.60. The molecule has 1 heterocycles. The Hall–Kier alpha value is -2.05. The fraction of sp³-hybridized carbons (Fsp3) is 0.429. The molecule has 4 nitrogen and oxygen atoms in total. The summed E-state index contributed by atoms with van der Waals surface area (Å²) in [4.78, 5) is 25.6. The number of amides is 1. The molecule has 0 saturated carbocycles. The van der Waals surface area contributed by atoms with Crippen LogP contribution in [-0.4, -0.2) is 37.5 Å². The van der Waals surface area contributed by atoms with Gasteiger partial charge in [0, 0.05) is 18.8 Å². The molecule has 0 N–H and O–H groups in total. The number of hydrogen-bond donors (Lipinski definition) is 0. The number of fused-ring (bicyclic) bond motifs is 1. The lowest BCUT2D eigenvalue weighted by molar-refractivity contribution is -0.120. The molecule has 2 rings (SSSR count). The maximum absolute atomic E-state index is 12.7. The van der Waals surface area contributed by atoms with Gasteiger partial charge in [-0.15, -0.1) is 0 Å². The molecule has 21 heavy (non-hydrogen) atoms. The molecule has 0 saturated heterocycles. The molecule has 1 aromatic rings. The molecular weight excluding hydrogens is 285 g/mol. The van der Waals surface area contributed by atoms with Crippen molar-refractivity contribution in [2.75, 3.05) is 23.4 Å². The van der Waals surface area contributed by atoms with Gasteiger partial charge in [0.25, 0.3) is 11.7 Å². The number of rotatable bonds is 3. The highest BCUT2D eigenvalue weighted by atomic mass is 19.4. The lowest BCUT2D eigenvalue weighted by Crippen LogP contribution is -2.39. The summed E-state index contributed by atoms with van der Waals surface area (Å²) in [6.45, 7) is 2.22. The zero-order valence-electron chi connectivity index (χ0n) is 11.9. The van der Waals surface area contributed by atoms with E-state index in [0.717, 1.165) is 4.90 Å². The topological polar surface area (TPSA) is 40.6 Å². The zero-order chi connectivity index (χ0) is 15.9. The van der Waals surface area contributed by atoms with Crippen molar-refractivity contribution in [3.8, 4) is 0 Å². The maximum atomic E-state index is 12.7. The second-order valence-electron chi connectivity index (χ2n) is 5.23. The molecule has 1 amide bonds. The third-order valence-corrected chi connectivity index (χ3v) is 3.39. The van der Waals surface area contributed by atoms with E-state index in [2.05, 4.69) is 0 Å². The number of carbonyl (C=O) groups is 2. The van der Waals surface area contributed by atoms with Crippen LogP contribution >= 0.6 is 0 Å². The zero-order valence-corrected chi connectivity index (χ0v) is 11.9. The van der Waals surface area contributed by atoms with Crippen LogP contribution in [-0.2, 0) is 4.79 Å². The van der Waals surface area contributed by atoms with Gasteiger partial charge in [0.1, 0.15) is 6.54 Å². The van der Waals surface area contributed by atoms with Crippen LogP contribution in [0.1, 0.15) is 24.2 Å². The van der Waals surface area contributed by atoms with Crippen LogP contribution in [0.15, 0.2) is 18.2 Å². The SMILES string of the molecule is CC(C)N(CC(F)(F)F)c1ccc2c(c1)N(C)C(=O)C2=O. The van der Waals surface area contributed by atoms with Crippen LogP contribution in [0.4, 0.5) is 24.5 Å². The summed E-state index contributed by atoms with van der Waals surface area (Å²) < 4.78 is 38.0. The van der Waals surface area contributed by atoms with Gasteiger partial charge in [0.2, 0.25) is 0 Å². The molecular formula is C14H15F3N2O2. The normalized spacial score (nSPS) is 14.9. The number of Topliss-reactive ketones (excluding diaryl/α,β-unsaturated/α-hetero) is 1. The van der Waals surface area contributed by atoms with Crippen LogP contribution in [0.25, 0.3) is 0 Å². The van der Waals surface area contributed by atoms with Gasteiger partial charge in [-0.05, 0) is 32.0 Å². The minimum absolute atomic E-state index is 0.224. The first-order valence-corrected chi connectivity index (χ1v) is 6.41. The van der Waals surface area contributed by atoms with Crippen molar-refractivity contribution in [3.05, 3.63) is 23.8 Å². The lowest BCUT2D eigenvalue weighted by atomic mass is 10.1. The van der Waals surface area contributed by atoms with E-state index in [1.807, 2.05) is 0 Å². The monoisotopic (exact) mass is 300 g/mol. The van der Waals surface area contributed by atoms with Gasteiger partial charge in [0.05, 0.1) is 11.3 Å². The molecule has 7 heteroatoms. The number of likely N-dealkylation sites (N-methyl/N-ethyl adjacent to an activating group) is 1. The molecule has 1 aromatic carbocycles. The van der Waals surface area contributed by atoms with Crippen LogP contribution < -0.4 is 9.80 Å². The number of alkyl halides is 3. The Bertz CT molecular complexity index is 596. The first-order chi connectivity index (χ1) is 9.61. The number of carbonyl (C=O) groups excluding carboxylic acids is 2. The van der Waals surface area contributed by atoms with E-state index in [1.165, 1.54) is 30.1 Å². The molecule has 0 fully saturated rings. The van der Waals surface area contributed by atoms with Crippen molar-refractivity contribution < 1.29 is 22.8 Å². The predicted molar refractivity (Wildman–Crippen MR) is 72.7 cm³/mol. The van der Waals surface area contributed by atoms with Gasteiger partial charge in [-0.25, -0.2) is 0 Å². The van der Waals surface area contributed by atoms with Gasteiger partial charge in [-0.2, -0.15) is 13.2 Å². The van der Waals surface area contributed by atoms with Crippen molar-refractivity contribution >= 4 is 23.1 Å². The molecule has 0 atom stereocenters. The van der Waals surface area contributed by atoms with Gasteiger partial charge >= 0.3 is 6.18 Å². The minimum atomic E-state index is -4.33. The Labute approximate surface area is 120 Å². The summed E-state index contributed by atoms with van der Waals surface area (Å²) in [7, 11) is 1.43. The summed E-state index contributed by atoms with van der Waals surface area (Å²) >= 11 is 0. The van der Waals surface area contributed by atoms with Crippen LogP contribution in [0.2, 0.25) is 0 Å².